The maximum Gasteiger partial charge on any atom is 0.185 e. The van der Waals surface area contributed by atoms with Crippen molar-refractivity contribution in [1.29, 1.82) is 0 Å². The summed E-state index contributed by atoms with van der Waals surface area (Å²) in [5.41, 5.74) is 1.16. The van der Waals surface area contributed by atoms with Crippen molar-refractivity contribution in [3.05, 3.63) is 11.1 Å². The molecule has 5 heteroatoms. The SMILES string of the molecule is CCN(CC)CCCN(CC)c1nc(CNC(C)C)cs1. The van der Waals surface area contributed by atoms with Crippen LogP contribution in [0.4, 0.5) is 5.13 Å². The van der Waals surface area contributed by atoms with Crippen molar-refractivity contribution >= 4 is 16.5 Å². The van der Waals surface area contributed by atoms with Crippen LogP contribution in [-0.2, 0) is 6.54 Å². The van der Waals surface area contributed by atoms with E-state index in [1.165, 1.54) is 13.0 Å². The summed E-state index contributed by atoms with van der Waals surface area (Å²) >= 11 is 1.77. The highest BCUT2D eigenvalue weighted by Gasteiger charge is 2.10. The highest BCUT2D eigenvalue weighted by atomic mass is 32.1. The molecule has 0 saturated carbocycles. The molecule has 122 valence electrons. The number of nitrogens with one attached hydrogen (secondary N) is 1. The van der Waals surface area contributed by atoms with Gasteiger partial charge in [0.25, 0.3) is 0 Å². The van der Waals surface area contributed by atoms with E-state index in [0.717, 1.165) is 43.5 Å². The summed E-state index contributed by atoms with van der Waals surface area (Å²) in [6.45, 7) is 17.5. The Morgan fingerprint density at radius 1 is 1.14 bits per heavy atom. The van der Waals surface area contributed by atoms with Crippen molar-refractivity contribution in [3.63, 3.8) is 0 Å². The smallest absolute Gasteiger partial charge is 0.185 e. The van der Waals surface area contributed by atoms with E-state index in [1.54, 1.807) is 11.3 Å². The first kappa shape index (κ1) is 18.4. The monoisotopic (exact) mass is 312 g/mol. The Hall–Kier alpha value is -0.650. The maximum atomic E-state index is 4.76. The van der Waals surface area contributed by atoms with Crippen LogP contribution in [0, 0.1) is 0 Å². The van der Waals surface area contributed by atoms with Crippen LogP contribution in [0.3, 0.4) is 0 Å². The van der Waals surface area contributed by atoms with E-state index < -0.39 is 0 Å². The quantitative estimate of drug-likeness (QED) is 0.680. The Bertz CT molecular complexity index is 374. The molecule has 4 nitrogen and oxygen atoms in total. The molecule has 0 unspecified atom stereocenters. The molecule has 0 aromatic carbocycles. The van der Waals surface area contributed by atoms with Crippen molar-refractivity contribution in [1.82, 2.24) is 15.2 Å². The van der Waals surface area contributed by atoms with Gasteiger partial charge in [0.05, 0.1) is 5.69 Å². The molecule has 0 bridgehead atoms. The molecular weight excluding hydrogens is 280 g/mol. The number of thiazole rings is 1. The minimum atomic E-state index is 0.506. The molecule has 0 saturated heterocycles. The third-order valence-electron chi connectivity index (χ3n) is 3.68. The first-order valence-corrected chi connectivity index (χ1v) is 9.13. The van der Waals surface area contributed by atoms with E-state index in [0.29, 0.717) is 6.04 Å². The lowest BCUT2D eigenvalue weighted by Crippen LogP contribution is -2.30. The molecule has 1 aromatic rings. The Morgan fingerprint density at radius 3 is 2.43 bits per heavy atom. The van der Waals surface area contributed by atoms with Gasteiger partial charge in [0, 0.05) is 31.1 Å². The van der Waals surface area contributed by atoms with Gasteiger partial charge < -0.3 is 15.1 Å². The third kappa shape index (κ3) is 6.76. The normalized spacial score (nSPS) is 11.6. The molecule has 0 spiro atoms. The lowest BCUT2D eigenvalue weighted by atomic mass is 10.3. The molecule has 1 rings (SSSR count). The lowest BCUT2D eigenvalue weighted by molar-refractivity contribution is 0.300. The van der Waals surface area contributed by atoms with Crippen molar-refractivity contribution in [2.45, 2.75) is 53.6 Å². The second-order valence-corrected chi connectivity index (χ2v) is 6.45. The minimum absolute atomic E-state index is 0.506. The topological polar surface area (TPSA) is 31.4 Å². The summed E-state index contributed by atoms with van der Waals surface area (Å²) in [5, 5.41) is 6.77. The van der Waals surface area contributed by atoms with Gasteiger partial charge in [0.1, 0.15) is 0 Å². The van der Waals surface area contributed by atoms with Crippen LogP contribution in [0.15, 0.2) is 5.38 Å². The van der Waals surface area contributed by atoms with Gasteiger partial charge in [-0.05, 0) is 33.0 Å². The van der Waals surface area contributed by atoms with Crippen molar-refractivity contribution in [3.8, 4) is 0 Å². The zero-order valence-electron chi connectivity index (χ0n) is 14.4. The molecule has 0 amide bonds. The van der Waals surface area contributed by atoms with Gasteiger partial charge in [-0.3, -0.25) is 0 Å². The summed E-state index contributed by atoms with van der Waals surface area (Å²) in [5.74, 6) is 0. The first-order valence-electron chi connectivity index (χ1n) is 8.25. The van der Waals surface area contributed by atoms with Gasteiger partial charge in [0.15, 0.2) is 5.13 Å². The zero-order valence-corrected chi connectivity index (χ0v) is 15.2. The van der Waals surface area contributed by atoms with E-state index in [4.69, 9.17) is 4.98 Å². The summed E-state index contributed by atoms with van der Waals surface area (Å²) in [4.78, 5) is 9.64. The van der Waals surface area contributed by atoms with Gasteiger partial charge in [-0.15, -0.1) is 11.3 Å². The molecule has 0 aliphatic rings. The summed E-state index contributed by atoms with van der Waals surface area (Å²) in [6, 6.07) is 0.506. The number of anilines is 1. The molecule has 0 fully saturated rings. The largest absolute Gasteiger partial charge is 0.348 e. The number of hydrogen-bond acceptors (Lipinski definition) is 5. The van der Waals surface area contributed by atoms with E-state index >= 15 is 0 Å². The summed E-state index contributed by atoms with van der Waals surface area (Å²) < 4.78 is 0. The Kier molecular flexibility index (Phi) is 8.88. The molecular formula is C16H32N4S. The summed E-state index contributed by atoms with van der Waals surface area (Å²) in [6.07, 6.45) is 1.20. The van der Waals surface area contributed by atoms with Crippen LogP contribution >= 0.6 is 11.3 Å². The fourth-order valence-electron chi connectivity index (χ4n) is 2.25. The minimum Gasteiger partial charge on any atom is -0.348 e. The van der Waals surface area contributed by atoms with Crippen LogP contribution in [0.5, 0.6) is 0 Å². The second kappa shape index (κ2) is 10.1. The molecule has 0 aliphatic heterocycles. The fourth-order valence-corrected chi connectivity index (χ4v) is 3.16. The Labute approximate surface area is 134 Å². The lowest BCUT2D eigenvalue weighted by Gasteiger charge is -2.23. The molecule has 0 aliphatic carbocycles. The molecule has 0 radical (unpaired) electrons. The van der Waals surface area contributed by atoms with Crippen LogP contribution in [0.2, 0.25) is 0 Å². The second-order valence-electron chi connectivity index (χ2n) is 5.62. The van der Waals surface area contributed by atoms with Crippen LogP contribution in [0.1, 0.15) is 46.7 Å². The van der Waals surface area contributed by atoms with E-state index in [1.807, 2.05) is 0 Å². The first-order chi connectivity index (χ1) is 10.1. The van der Waals surface area contributed by atoms with Crippen molar-refractivity contribution in [2.75, 3.05) is 37.6 Å². The Balaban J connectivity index is 2.44. The molecule has 1 N–H and O–H groups in total. The predicted octanol–water partition coefficient (Wildman–Crippen LogP) is 3.20. The van der Waals surface area contributed by atoms with Crippen molar-refractivity contribution < 1.29 is 0 Å². The molecule has 1 aromatic heterocycles. The fraction of sp³-hybridized carbons (Fsp3) is 0.812. The van der Waals surface area contributed by atoms with Crippen LogP contribution in [0.25, 0.3) is 0 Å². The number of rotatable bonds is 11. The van der Waals surface area contributed by atoms with Gasteiger partial charge in [-0.25, -0.2) is 4.98 Å². The average Bonchev–Trinajstić information content (AvgIpc) is 2.94. The highest BCUT2D eigenvalue weighted by Crippen LogP contribution is 2.20. The number of aromatic nitrogens is 1. The highest BCUT2D eigenvalue weighted by molar-refractivity contribution is 7.13. The predicted molar refractivity (Wildman–Crippen MR) is 94.4 cm³/mol. The van der Waals surface area contributed by atoms with Gasteiger partial charge in [-0.2, -0.15) is 0 Å². The van der Waals surface area contributed by atoms with Gasteiger partial charge in [-0.1, -0.05) is 27.7 Å². The average molecular weight is 313 g/mol. The van der Waals surface area contributed by atoms with Gasteiger partial charge >= 0.3 is 0 Å². The van der Waals surface area contributed by atoms with E-state index in [9.17, 15) is 0 Å². The van der Waals surface area contributed by atoms with Gasteiger partial charge in [0.2, 0.25) is 0 Å². The molecule has 0 atom stereocenters. The Morgan fingerprint density at radius 2 is 1.86 bits per heavy atom. The third-order valence-corrected chi connectivity index (χ3v) is 4.63. The van der Waals surface area contributed by atoms with Crippen LogP contribution in [-0.4, -0.2) is 48.6 Å². The van der Waals surface area contributed by atoms with Crippen molar-refractivity contribution in [2.24, 2.45) is 0 Å². The van der Waals surface area contributed by atoms with E-state index in [2.05, 4.69) is 55.1 Å². The zero-order chi connectivity index (χ0) is 15.7. The number of hydrogen-bond donors (Lipinski definition) is 1. The number of nitrogens with zero attached hydrogens (tertiary/aromatic N) is 3. The maximum absolute atomic E-state index is 4.76. The molecule has 21 heavy (non-hydrogen) atoms. The summed E-state index contributed by atoms with van der Waals surface area (Å²) in [7, 11) is 0. The van der Waals surface area contributed by atoms with Crippen LogP contribution < -0.4 is 10.2 Å². The standard InChI is InChI=1S/C16H32N4S/c1-6-19(7-2)10-9-11-20(8-3)16-18-15(13-21-16)12-17-14(4)5/h13-14,17H,6-12H2,1-5H3. The van der Waals surface area contributed by atoms with E-state index in [-0.39, 0.29) is 0 Å². The molecule has 1 heterocycles.